The maximum atomic E-state index is 11.9. The summed E-state index contributed by atoms with van der Waals surface area (Å²) in [5.74, 6) is 1.43. The van der Waals surface area contributed by atoms with Gasteiger partial charge in [-0.25, -0.2) is 4.98 Å². The lowest BCUT2D eigenvalue weighted by Crippen LogP contribution is -2.25. The third kappa shape index (κ3) is 2.24. The van der Waals surface area contributed by atoms with Crippen LogP contribution in [0.3, 0.4) is 0 Å². The van der Waals surface area contributed by atoms with Crippen molar-refractivity contribution in [2.45, 2.75) is 44.6 Å². The van der Waals surface area contributed by atoms with Crippen LogP contribution in [0.2, 0.25) is 0 Å². The highest BCUT2D eigenvalue weighted by atomic mass is 16.5. The van der Waals surface area contributed by atoms with Crippen LogP contribution in [-0.4, -0.2) is 47.2 Å². The van der Waals surface area contributed by atoms with E-state index in [0.717, 1.165) is 44.7 Å². The number of hydrogen-bond acceptors (Lipinski definition) is 4. The maximum Gasteiger partial charge on any atom is 0.314 e. The lowest BCUT2D eigenvalue weighted by Gasteiger charge is -2.24. The van der Waals surface area contributed by atoms with E-state index in [1.165, 1.54) is 19.4 Å². The smallest absolute Gasteiger partial charge is 0.314 e. The molecule has 1 fully saturated rings. The quantitative estimate of drug-likeness (QED) is 0.790. The summed E-state index contributed by atoms with van der Waals surface area (Å²) in [6.45, 7) is 6.55. The number of rotatable bonds is 3. The van der Waals surface area contributed by atoms with Crippen LogP contribution >= 0.6 is 0 Å². The zero-order valence-corrected chi connectivity index (χ0v) is 12.3. The number of nitrogens with zero attached hydrogens (tertiary/aromatic N) is 3. The summed E-state index contributed by atoms with van der Waals surface area (Å²) in [5, 5.41) is 0. The van der Waals surface area contributed by atoms with Gasteiger partial charge in [-0.3, -0.25) is 4.79 Å². The van der Waals surface area contributed by atoms with Crippen LogP contribution in [0.5, 0.6) is 0 Å². The van der Waals surface area contributed by atoms with Crippen LogP contribution in [0.4, 0.5) is 0 Å². The second-order valence-corrected chi connectivity index (χ2v) is 5.79. The second-order valence-electron chi connectivity index (χ2n) is 5.79. The van der Waals surface area contributed by atoms with E-state index in [1.54, 1.807) is 0 Å². The van der Waals surface area contributed by atoms with Gasteiger partial charge in [-0.1, -0.05) is 6.92 Å². The van der Waals surface area contributed by atoms with Crippen LogP contribution < -0.4 is 0 Å². The summed E-state index contributed by atoms with van der Waals surface area (Å²) >= 11 is 0. The van der Waals surface area contributed by atoms with Crippen molar-refractivity contribution in [1.29, 1.82) is 0 Å². The lowest BCUT2D eigenvalue weighted by atomic mass is 9.96. The molecule has 3 heterocycles. The first-order valence-corrected chi connectivity index (χ1v) is 7.60. The molecule has 0 N–H and O–H groups in total. The number of likely N-dealkylation sites (tertiary alicyclic amines) is 1. The molecule has 0 bridgehead atoms. The Hall–Kier alpha value is -1.36. The summed E-state index contributed by atoms with van der Waals surface area (Å²) in [6.07, 6.45) is 4.97. The van der Waals surface area contributed by atoms with E-state index >= 15 is 0 Å². The third-order valence-corrected chi connectivity index (χ3v) is 4.72. The molecule has 1 saturated heterocycles. The van der Waals surface area contributed by atoms with E-state index < -0.39 is 0 Å². The molecular formula is C15H23N3O2. The largest absolute Gasteiger partial charge is 0.469 e. The Balaban J connectivity index is 1.85. The number of carbonyl (C=O) groups is 1. The van der Waals surface area contributed by atoms with E-state index in [2.05, 4.69) is 21.4 Å². The second kappa shape index (κ2) is 5.56. The number of imidazole rings is 1. The van der Waals surface area contributed by atoms with Crippen molar-refractivity contribution in [3.63, 3.8) is 0 Å². The molecule has 2 aliphatic rings. The Morgan fingerprint density at radius 3 is 3.00 bits per heavy atom. The van der Waals surface area contributed by atoms with Gasteiger partial charge < -0.3 is 14.2 Å². The van der Waals surface area contributed by atoms with Gasteiger partial charge >= 0.3 is 5.97 Å². The highest BCUT2D eigenvalue weighted by molar-refractivity contribution is 5.77. The Bertz CT molecular complexity index is 497. The van der Waals surface area contributed by atoms with Crippen LogP contribution in [0.25, 0.3) is 0 Å². The molecule has 5 heteroatoms. The molecule has 0 spiro atoms. The van der Waals surface area contributed by atoms with Crippen LogP contribution in [0, 0.1) is 0 Å². The normalized spacial score (nSPS) is 26.5. The average Bonchev–Trinajstić information content (AvgIpc) is 3.11. The minimum absolute atomic E-state index is 0.126. The predicted molar refractivity (Wildman–Crippen MR) is 75.7 cm³/mol. The lowest BCUT2D eigenvalue weighted by molar-refractivity contribution is -0.143. The van der Waals surface area contributed by atoms with Crippen LogP contribution in [-0.2, 0) is 16.1 Å². The molecule has 110 valence electrons. The molecule has 5 nitrogen and oxygen atoms in total. The number of esters is 1. The molecule has 0 saturated carbocycles. The first-order valence-electron chi connectivity index (χ1n) is 7.60. The standard InChI is InChI=1S/C15H23N3O2/c1-3-17-8-6-11(10-17)14-16-9-13-12(15(19)20-2)5-4-7-18(13)14/h9,11-12H,3-8,10H2,1-2H3. The van der Waals surface area contributed by atoms with Crippen molar-refractivity contribution in [3.05, 3.63) is 17.7 Å². The van der Waals surface area contributed by atoms with E-state index in [0.29, 0.717) is 5.92 Å². The Labute approximate surface area is 119 Å². The molecule has 2 atom stereocenters. The molecule has 2 unspecified atom stereocenters. The van der Waals surface area contributed by atoms with Crippen molar-refractivity contribution < 1.29 is 9.53 Å². The summed E-state index contributed by atoms with van der Waals surface area (Å²) in [4.78, 5) is 19.0. The van der Waals surface area contributed by atoms with Gasteiger partial charge in [0.1, 0.15) is 5.82 Å². The summed E-state index contributed by atoms with van der Waals surface area (Å²) in [6, 6.07) is 0. The van der Waals surface area contributed by atoms with Gasteiger partial charge in [-0.05, 0) is 32.4 Å². The number of aromatic nitrogens is 2. The summed E-state index contributed by atoms with van der Waals surface area (Å²) in [7, 11) is 1.47. The van der Waals surface area contributed by atoms with Crippen LogP contribution in [0.15, 0.2) is 6.20 Å². The highest BCUT2D eigenvalue weighted by Gasteiger charge is 2.33. The topological polar surface area (TPSA) is 47.4 Å². The number of methoxy groups -OCH3 is 1. The Kier molecular flexibility index (Phi) is 3.78. The van der Waals surface area contributed by atoms with Gasteiger partial charge in [0.25, 0.3) is 0 Å². The number of hydrogen-bond donors (Lipinski definition) is 0. The maximum absolute atomic E-state index is 11.9. The molecule has 0 radical (unpaired) electrons. The fraction of sp³-hybridized carbons (Fsp3) is 0.733. The van der Waals surface area contributed by atoms with Gasteiger partial charge in [0.15, 0.2) is 0 Å². The monoisotopic (exact) mass is 277 g/mol. The first kappa shape index (κ1) is 13.6. The molecule has 3 rings (SSSR count). The van der Waals surface area contributed by atoms with Crippen LogP contribution in [0.1, 0.15) is 49.5 Å². The Morgan fingerprint density at radius 1 is 1.45 bits per heavy atom. The number of ether oxygens (including phenoxy) is 1. The van der Waals surface area contributed by atoms with Gasteiger partial charge in [-0.2, -0.15) is 0 Å². The van der Waals surface area contributed by atoms with Crippen molar-refractivity contribution in [2.75, 3.05) is 26.7 Å². The van der Waals surface area contributed by atoms with E-state index in [9.17, 15) is 4.79 Å². The van der Waals surface area contributed by atoms with E-state index in [-0.39, 0.29) is 11.9 Å². The molecule has 1 aromatic rings. The van der Waals surface area contributed by atoms with Gasteiger partial charge in [0, 0.05) is 25.2 Å². The van der Waals surface area contributed by atoms with E-state index in [4.69, 9.17) is 4.74 Å². The first-order chi connectivity index (χ1) is 9.74. The highest BCUT2D eigenvalue weighted by Crippen LogP contribution is 2.34. The van der Waals surface area contributed by atoms with Gasteiger partial charge in [0.2, 0.25) is 0 Å². The fourth-order valence-electron chi connectivity index (χ4n) is 3.56. The number of likely N-dealkylation sites (N-methyl/N-ethyl adjacent to an activating group) is 1. The van der Waals surface area contributed by atoms with Crippen molar-refractivity contribution in [1.82, 2.24) is 14.5 Å². The summed E-state index contributed by atoms with van der Waals surface area (Å²) < 4.78 is 7.20. The predicted octanol–water partition coefficient (Wildman–Crippen LogP) is 1.74. The Morgan fingerprint density at radius 2 is 2.30 bits per heavy atom. The van der Waals surface area contributed by atoms with Crippen molar-refractivity contribution in [3.8, 4) is 0 Å². The van der Waals surface area contributed by atoms with Gasteiger partial charge in [-0.15, -0.1) is 0 Å². The molecule has 0 aliphatic carbocycles. The average molecular weight is 277 g/mol. The van der Waals surface area contributed by atoms with Gasteiger partial charge in [0.05, 0.1) is 18.7 Å². The molecule has 0 aromatic carbocycles. The number of carbonyl (C=O) groups excluding carboxylic acids is 1. The molecule has 1 aromatic heterocycles. The summed E-state index contributed by atoms with van der Waals surface area (Å²) in [5.41, 5.74) is 1.05. The minimum Gasteiger partial charge on any atom is -0.469 e. The molecular weight excluding hydrogens is 254 g/mol. The van der Waals surface area contributed by atoms with E-state index in [1.807, 2.05) is 6.20 Å². The SMILES string of the molecule is CCN1CCC(c2ncc3n2CCCC3C(=O)OC)C1. The van der Waals surface area contributed by atoms with Crippen molar-refractivity contribution >= 4 is 5.97 Å². The number of fused-ring (bicyclic) bond motifs is 1. The van der Waals surface area contributed by atoms with Crippen molar-refractivity contribution in [2.24, 2.45) is 0 Å². The molecule has 2 aliphatic heterocycles. The molecule has 20 heavy (non-hydrogen) atoms. The third-order valence-electron chi connectivity index (χ3n) is 4.72. The zero-order valence-electron chi connectivity index (χ0n) is 12.3. The fourth-order valence-corrected chi connectivity index (χ4v) is 3.56. The molecule has 0 amide bonds. The minimum atomic E-state index is -0.126. The zero-order chi connectivity index (χ0) is 14.1.